The van der Waals surface area contributed by atoms with Crippen molar-refractivity contribution < 1.29 is 31.9 Å². The quantitative estimate of drug-likeness (QED) is 0.663. The fraction of sp³-hybridized carbons (Fsp3) is 0.636. The molecule has 3 saturated heterocycles. The summed E-state index contributed by atoms with van der Waals surface area (Å²) in [5, 5.41) is 0. The number of benzene rings is 1. The molecule has 170 valence electrons. The molecule has 0 N–H and O–H groups in total. The lowest BCUT2D eigenvalue weighted by molar-refractivity contribution is -0.153. The fourth-order valence-electron chi connectivity index (χ4n) is 4.88. The molecule has 31 heavy (non-hydrogen) atoms. The predicted molar refractivity (Wildman–Crippen MR) is 104 cm³/mol. The highest BCUT2D eigenvalue weighted by Crippen LogP contribution is 2.40. The first-order valence-corrected chi connectivity index (χ1v) is 10.7. The van der Waals surface area contributed by atoms with Crippen molar-refractivity contribution >= 4 is 11.8 Å². The fourth-order valence-corrected chi connectivity index (χ4v) is 4.88. The predicted octanol–water partition coefficient (Wildman–Crippen LogP) is 3.98. The van der Waals surface area contributed by atoms with Crippen molar-refractivity contribution in [3.05, 3.63) is 35.6 Å². The van der Waals surface area contributed by atoms with Gasteiger partial charge < -0.3 is 14.5 Å². The number of fused-ring (bicyclic) bond motifs is 1. The summed E-state index contributed by atoms with van der Waals surface area (Å²) in [6.45, 7) is 2.08. The van der Waals surface area contributed by atoms with E-state index in [-0.39, 0.29) is 48.3 Å². The summed E-state index contributed by atoms with van der Waals surface area (Å²) >= 11 is 0. The SMILES string of the molecule is O=C1CO[C@H]2CCN(C(=O)N3CC(CCC(c4ccc(F)cc4)C(F)(F)F)C3)C[C@H]2C1. The van der Waals surface area contributed by atoms with E-state index in [0.717, 1.165) is 12.1 Å². The van der Waals surface area contributed by atoms with Crippen molar-refractivity contribution in [2.45, 2.75) is 43.9 Å². The largest absolute Gasteiger partial charge is 0.395 e. The molecule has 3 aliphatic rings. The van der Waals surface area contributed by atoms with Gasteiger partial charge in [-0.3, -0.25) is 4.79 Å². The van der Waals surface area contributed by atoms with Gasteiger partial charge in [0.05, 0.1) is 12.0 Å². The number of hydrogen-bond donors (Lipinski definition) is 0. The zero-order chi connectivity index (χ0) is 22.2. The lowest BCUT2D eigenvalue weighted by atomic mass is 9.86. The molecule has 3 heterocycles. The Morgan fingerprint density at radius 3 is 2.52 bits per heavy atom. The Morgan fingerprint density at radius 2 is 1.84 bits per heavy atom. The number of urea groups is 1. The first-order chi connectivity index (χ1) is 14.7. The molecule has 3 atom stereocenters. The van der Waals surface area contributed by atoms with Gasteiger partial charge in [-0.2, -0.15) is 13.2 Å². The Morgan fingerprint density at radius 1 is 1.13 bits per heavy atom. The van der Waals surface area contributed by atoms with Gasteiger partial charge in [0.2, 0.25) is 0 Å². The average Bonchev–Trinajstić information content (AvgIpc) is 2.69. The number of alkyl halides is 3. The molecule has 0 radical (unpaired) electrons. The van der Waals surface area contributed by atoms with Crippen molar-refractivity contribution in [3.63, 3.8) is 0 Å². The number of halogens is 4. The van der Waals surface area contributed by atoms with E-state index in [2.05, 4.69) is 0 Å². The molecule has 0 saturated carbocycles. The Labute approximate surface area is 178 Å². The van der Waals surface area contributed by atoms with E-state index in [4.69, 9.17) is 4.74 Å². The molecule has 1 aromatic carbocycles. The molecule has 3 aliphatic heterocycles. The van der Waals surface area contributed by atoms with Gasteiger partial charge in [0, 0.05) is 38.5 Å². The van der Waals surface area contributed by atoms with Crippen LogP contribution < -0.4 is 0 Å². The lowest BCUT2D eigenvalue weighted by Gasteiger charge is -2.46. The zero-order valence-corrected chi connectivity index (χ0v) is 17.1. The summed E-state index contributed by atoms with van der Waals surface area (Å²) in [7, 11) is 0. The minimum absolute atomic E-state index is 0.0198. The van der Waals surface area contributed by atoms with Gasteiger partial charge in [0.25, 0.3) is 0 Å². The monoisotopic (exact) mass is 442 g/mol. The zero-order valence-electron chi connectivity index (χ0n) is 17.1. The van der Waals surface area contributed by atoms with Crippen LogP contribution in [0.3, 0.4) is 0 Å². The third-order valence-corrected chi connectivity index (χ3v) is 6.64. The Hall–Kier alpha value is -2.16. The summed E-state index contributed by atoms with van der Waals surface area (Å²) < 4.78 is 59.1. The topological polar surface area (TPSA) is 49.9 Å². The molecule has 0 aliphatic carbocycles. The summed E-state index contributed by atoms with van der Waals surface area (Å²) in [6, 6.07) is 4.36. The van der Waals surface area contributed by atoms with Gasteiger partial charge in [0.15, 0.2) is 5.78 Å². The third kappa shape index (κ3) is 5.02. The number of hydrogen-bond acceptors (Lipinski definition) is 3. The summed E-state index contributed by atoms with van der Waals surface area (Å²) in [5.41, 5.74) is 0.0632. The molecule has 4 rings (SSSR count). The van der Waals surface area contributed by atoms with Crippen molar-refractivity contribution in [2.75, 3.05) is 32.8 Å². The normalized spacial score (nSPS) is 25.7. The number of amides is 2. The van der Waals surface area contributed by atoms with Crippen LogP contribution in [0.15, 0.2) is 24.3 Å². The number of rotatable bonds is 4. The Balaban J connectivity index is 1.26. The maximum Gasteiger partial charge on any atom is 0.395 e. The number of carbonyl (C=O) groups is 2. The maximum absolute atomic E-state index is 13.5. The Bertz CT molecular complexity index is 808. The average molecular weight is 442 g/mol. The van der Waals surface area contributed by atoms with Crippen LogP contribution in [0.25, 0.3) is 0 Å². The highest BCUT2D eigenvalue weighted by atomic mass is 19.4. The van der Waals surface area contributed by atoms with E-state index < -0.39 is 17.9 Å². The first kappa shape index (κ1) is 22.0. The highest BCUT2D eigenvalue weighted by molar-refractivity contribution is 5.81. The number of carbonyl (C=O) groups excluding carboxylic acids is 2. The van der Waals surface area contributed by atoms with Crippen molar-refractivity contribution in [1.29, 1.82) is 0 Å². The van der Waals surface area contributed by atoms with Gasteiger partial charge in [-0.15, -0.1) is 0 Å². The molecule has 1 aromatic rings. The van der Waals surface area contributed by atoms with Crippen LogP contribution in [0.1, 0.15) is 37.2 Å². The summed E-state index contributed by atoms with van der Waals surface area (Å²) in [4.78, 5) is 27.8. The van der Waals surface area contributed by atoms with E-state index in [9.17, 15) is 27.2 Å². The van der Waals surface area contributed by atoms with Crippen LogP contribution in [0.5, 0.6) is 0 Å². The molecular formula is C22H26F4N2O3. The standard InChI is InChI=1S/C22H26F4N2O3/c23-17-4-2-15(3-5-17)19(22(24,25)26)6-1-14-10-28(11-14)21(30)27-8-7-20-16(12-27)9-18(29)13-31-20/h2-5,14,16,19-20H,1,6-13H2/t16-,19?,20+/m1/s1. The van der Waals surface area contributed by atoms with Gasteiger partial charge in [-0.25, -0.2) is 9.18 Å². The first-order valence-electron chi connectivity index (χ1n) is 10.7. The molecule has 1 unspecified atom stereocenters. The van der Waals surface area contributed by atoms with Crippen LogP contribution in [0, 0.1) is 17.7 Å². The van der Waals surface area contributed by atoms with Crippen molar-refractivity contribution in [3.8, 4) is 0 Å². The molecule has 3 fully saturated rings. The number of nitrogens with zero attached hydrogens (tertiary/aromatic N) is 2. The number of likely N-dealkylation sites (tertiary alicyclic amines) is 2. The second kappa shape index (κ2) is 8.76. The number of piperidine rings is 1. The number of Topliss-reactive ketones (excluding diaryl/α,β-unsaturated/α-hetero) is 1. The molecule has 9 heteroatoms. The molecule has 2 amide bonds. The number of ketones is 1. The Kier molecular flexibility index (Phi) is 6.23. The molecule has 0 aromatic heterocycles. The van der Waals surface area contributed by atoms with Crippen LogP contribution >= 0.6 is 0 Å². The van der Waals surface area contributed by atoms with Crippen LogP contribution in [0.4, 0.5) is 22.4 Å². The smallest absolute Gasteiger partial charge is 0.370 e. The van der Waals surface area contributed by atoms with Gasteiger partial charge in [0.1, 0.15) is 12.4 Å². The van der Waals surface area contributed by atoms with E-state index >= 15 is 0 Å². The lowest BCUT2D eigenvalue weighted by Crippen LogP contribution is -2.58. The van der Waals surface area contributed by atoms with Crippen LogP contribution in [-0.2, 0) is 9.53 Å². The highest BCUT2D eigenvalue weighted by Gasteiger charge is 2.43. The summed E-state index contributed by atoms with van der Waals surface area (Å²) in [6.07, 6.45) is -2.99. The van der Waals surface area contributed by atoms with E-state index in [1.54, 1.807) is 9.80 Å². The minimum atomic E-state index is -4.40. The van der Waals surface area contributed by atoms with Gasteiger partial charge in [-0.1, -0.05) is 12.1 Å². The van der Waals surface area contributed by atoms with Gasteiger partial charge in [-0.05, 0) is 42.9 Å². The van der Waals surface area contributed by atoms with E-state index in [0.29, 0.717) is 45.4 Å². The molecule has 0 bridgehead atoms. The van der Waals surface area contributed by atoms with E-state index in [1.165, 1.54) is 12.1 Å². The van der Waals surface area contributed by atoms with Gasteiger partial charge >= 0.3 is 12.2 Å². The molecular weight excluding hydrogens is 416 g/mol. The third-order valence-electron chi connectivity index (χ3n) is 6.64. The second-order valence-corrected chi connectivity index (χ2v) is 8.86. The number of ether oxygens (including phenoxy) is 1. The maximum atomic E-state index is 13.5. The molecule has 5 nitrogen and oxygen atoms in total. The minimum Gasteiger partial charge on any atom is -0.370 e. The summed E-state index contributed by atoms with van der Waals surface area (Å²) in [5.74, 6) is -2.10. The van der Waals surface area contributed by atoms with Crippen molar-refractivity contribution in [2.24, 2.45) is 11.8 Å². The second-order valence-electron chi connectivity index (χ2n) is 8.86. The van der Waals surface area contributed by atoms with Crippen LogP contribution in [-0.4, -0.2) is 66.7 Å². The van der Waals surface area contributed by atoms with Crippen LogP contribution in [0.2, 0.25) is 0 Å². The van der Waals surface area contributed by atoms with Crippen molar-refractivity contribution in [1.82, 2.24) is 9.80 Å². The van der Waals surface area contributed by atoms with E-state index in [1.807, 2.05) is 0 Å². The molecule has 0 spiro atoms.